The smallest absolute Gasteiger partial charge is 0.262 e. The molecular weight excluding hydrogens is 362 g/mol. The number of hydrogen-bond donors (Lipinski definition) is 1. The summed E-state index contributed by atoms with van der Waals surface area (Å²) in [5.74, 6) is 1.02. The molecule has 0 spiro atoms. The van der Waals surface area contributed by atoms with Crippen molar-refractivity contribution in [3.63, 3.8) is 0 Å². The molecule has 142 valence electrons. The number of primary amides is 1. The van der Waals surface area contributed by atoms with Crippen molar-refractivity contribution in [3.05, 3.63) is 45.3 Å². The lowest BCUT2D eigenvalue weighted by Crippen LogP contribution is -2.28. The van der Waals surface area contributed by atoms with Crippen molar-refractivity contribution in [1.29, 1.82) is 0 Å². The van der Waals surface area contributed by atoms with Gasteiger partial charge in [0.2, 0.25) is 5.91 Å². The van der Waals surface area contributed by atoms with Gasteiger partial charge in [-0.3, -0.25) is 14.2 Å². The van der Waals surface area contributed by atoms with Crippen molar-refractivity contribution < 1.29 is 9.53 Å². The van der Waals surface area contributed by atoms with Crippen molar-refractivity contribution in [2.45, 2.75) is 39.7 Å². The first-order chi connectivity index (χ1) is 12.8. The Kier molecular flexibility index (Phi) is 5.32. The van der Waals surface area contributed by atoms with Crippen LogP contribution in [0.2, 0.25) is 0 Å². The largest absolute Gasteiger partial charge is 0.497 e. The maximum Gasteiger partial charge on any atom is 0.262 e. The van der Waals surface area contributed by atoms with Gasteiger partial charge in [0.05, 0.1) is 12.5 Å². The van der Waals surface area contributed by atoms with Crippen LogP contribution in [0.4, 0.5) is 0 Å². The number of methoxy groups -OCH3 is 1. The minimum absolute atomic E-state index is 0.0534. The number of ether oxygens (including phenoxy) is 1. The third-order valence-corrected chi connectivity index (χ3v) is 5.47. The Balaban J connectivity index is 2.30. The van der Waals surface area contributed by atoms with E-state index in [9.17, 15) is 9.59 Å². The van der Waals surface area contributed by atoms with E-state index in [1.807, 2.05) is 45.0 Å². The van der Waals surface area contributed by atoms with Gasteiger partial charge in [0.1, 0.15) is 16.4 Å². The number of carbonyl (C=O) groups is 1. The quantitative estimate of drug-likeness (QED) is 0.704. The summed E-state index contributed by atoms with van der Waals surface area (Å²) in [6, 6.07) is 7.64. The molecule has 0 bridgehead atoms. The fraction of sp³-hybridized carbons (Fsp3) is 0.350. The van der Waals surface area contributed by atoms with E-state index in [2.05, 4.69) is 0 Å². The predicted octanol–water partition coefficient (Wildman–Crippen LogP) is 3.44. The summed E-state index contributed by atoms with van der Waals surface area (Å²) >= 11 is 1.51. The van der Waals surface area contributed by atoms with E-state index in [0.717, 1.165) is 21.8 Å². The van der Waals surface area contributed by atoms with E-state index in [1.54, 1.807) is 11.7 Å². The van der Waals surface area contributed by atoms with Gasteiger partial charge < -0.3 is 10.5 Å². The Morgan fingerprint density at radius 1 is 1.37 bits per heavy atom. The maximum absolute atomic E-state index is 13.4. The van der Waals surface area contributed by atoms with Crippen molar-refractivity contribution in [2.75, 3.05) is 7.11 Å². The Morgan fingerprint density at radius 3 is 2.74 bits per heavy atom. The van der Waals surface area contributed by atoms with Gasteiger partial charge in [0.15, 0.2) is 0 Å². The summed E-state index contributed by atoms with van der Waals surface area (Å²) in [6.45, 7) is 6.19. The van der Waals surface area contributed by atoms with Crippen LogP contribution in [0.15, 0.2) is 29.1 Å². The lowest BCUT2D eigenvalue weighted by atomic mass is 10.0. The van der Waals surface area contributed by atoms with E-state index < -0.39 is 5.91 Å². The molecule has 1 amide bonds. The van der Waals surface area contributed by atoms with E-state index >= 15 is 0 Å². The molecule has 0 aliphatic carbocycles. The van der Waals surface area contributed by atoms with Crippen LogP contribution in [0.25, 0.3) is 21.3 Å². The molecule has 0 fully saturated rings. The summed E-state index contributed by atoms with van der Waals surface area (Å²) in [6.07, 6.45) is 0.102. The molecule has 7 heteroatoms. The molecule has 0 saturated carbocycles. The van der Waals surface area contributed by atoms with Gasteiger partial charge in [-0.05, 0) is 24.6 Å². The molecule has 3 rings (SSSR count). The Hall–Kier alpha value is -2.67. The fourth-order valence-corrected chi connectivity index (χ4v) is 4.26. The highest BCUT2D eigenvalue weighted by molar-refractivity contribution is 7.19. The second kappa shape index (κ2) is 7.52. The van der Waals surface area contributed by atoms with Crippen LogP contribution in [0.3, 0.4) is 0 Å². The molecular formula is C20H23N3O3S. The molecule has 0 atom stereocenters. The van der Waals surface area contributed by atoms with Crippen molar-refractivity contribution >= 4 is 27.5 Å². The molecule has 27 heavy (non-hydrogen) atoms. The zero-order valence-corrected chi connectivity index (χ0v) is 16.7. The summed E-state index contributed by atoms with van der Waals surface area (Å²) in [5.41, 5.74) is 6.95. The van der Waals surface area contributed by atoms with Crippen LogP contribution in [-0.2, 0) is 11.3 Å². The molecule has 6 nitrogen and oxygen atoms in total. The lowest BCUT2D eigenvalue weighted by molar-refractivity contribution is -0.118. The molecule has 0 saturated heterocycles. The van der Waals surface area contributed by atoms with E-state index in [0.29, 0.717) is 16.0 Å². The van der Waals surface area contributed by atoms with Crippen LogP contribution in [0.1, 0.15) is 36.9 Å². The monoisotopic (exact) mass is 385 g/mol. The van der Waals surface area contributed by atoms with Crippen molar-refractivity contribution in [1.82, 2.24) is 9.55 Å². The number of carbonyl (C=O) groups excluding carboxylic acids is 1. The van der Waals surface area contributed by atoms with E-state index in [1.165, 1.54) is 11.3 Å². The summed E-state index contributed by atoms with van der Waals surface area (Å²) in [7, 11) is 1.62. The number of rotatable bonds is 6. The highest BCUT2D eigenvalue weighted by Crippen LogP contribution is 2.37. The molecule has 3 aromatic rings. The van der Waals surface area contributed by atoms with Crippen LogP contribution in [0.5, 0.6) is 5.75 Å². The number of benzene rings is 1. The number of amides is 1. The first-order valence-corrected chi connectivity index (χ1v) is 9.61. The molecule has 2 heterocycles. The molecule has 1 aromatic carbocycles. The lowest BCUT2D eigenvalue weighted by Gasteiger charge is -2.14. The average molecular weight is 385 g/mol. The zero-order valence-electron chi connectivity index (χ0n) is 15.9. The third-order valence-electron chi connectivity index (χ3n) is 4.47. The zero-order chi connectivity index (χ0) is 19.7. The predicted molar refractivity (Wildman–Crippen MR) is 109 cm³/mol. The van der Waals surface area contributed by atoms with Crippen molar-refractivity contribution in [3.8, 4) is 16.9 Å². The maximum atomic E-state index is 13.4. The summed E-state index contributed by atoms with van der Waals surface area (Å²) in [4.78, 5) is 31.1. The standard InChI is InChI=1S/C20H23N3O3S/c1-11(2)18-22-19-17(20(25)23(18)9-8-15(21)24)16(12(3)27-19)13-6-5-7-14(10-13)26-4/h5-7,10-11H,8-9H2,1-4H3,(H2,21,24). The summed E-state index contributed by atoms with van der Waals surface area (Å²) < 4.78 is 6.92. The third kappa shape index (κ3) is 3.60. The molecule has 0 aliphatic rings. The number of nitrogens with zero attached hydrogens (tertiary/aromatic N) is 2. The number of hydrogen-bond acceptors (Lipinski definition) is 5. The summed E-state index contributed by atoms with van der Waals surface area (Å²) in [5, 5.41) is 0.583. The Morgan fingerprint density at radius 2 is 2.11 bits per heavy atom. The number of thiophene rings is 1. The van der Waals surface area contributed by atoms with E-state index in [4.69, 9.17) is 15.5 Å². The molecule has 0 unspecified atom stereocenters. The number of fused-ring (bicyclic) bond motifs is 1. The Labute approximate surface area is 161 Å². The fourth-order valence-electron chi connectivity index (χ4n) is 3.22. The SMILES string of the molecule is COc1cccc(-c2c(C)sc3nc(C(C)C)n(CCC(N)=O)c(=O)c23)c1. The van der Waals surface area contributed by atoms with Gasteiger partial charge in [-0.25, -0.2) is 4.98 Å². The second-order valence-corrected chi connectivity index (χ2v) is 7.95. The second-order valence-electron chi connectivity index (χ2n) is 6.74. The Bertz CT molecular complexity index is 1070. The molecule has 2 N–H and O–H groups in total. The normalized spacial score (nSPS) is 11.3. The molecule has 2 aromatic heterocycles. The number of nitrogens with two attached hydrogens (primary N) is 1. The highest BCUT2D eigenvalue weighted by Gasteiger charge is 2.21. The molecule has 0 radical (unpaired) electrons. The number of aromatic nitrogens is 2. The highest BCUT2D eigenvalue weighted by atomic mass is 32.1. The van der Waals surface area contributed by atoms with Crippen LogP contribution in [-0.4, -0.2) is 22.6 Å². The first-order valence-electron chi connectivity index (χ1n) is 8.80. The van der Waals surface area contributed by atoms with Crippen LogP contribution < -0.4 is 16.0 Å². The topological polar surface area (TPSA) is 87.2 Å². The average Bonchev–Trinajstić information content (AvgIpc) is 2.96. The van der Waals surface area contributed by atoms with Crippen LogP contribution >= 0.6 is 11.3 Å². The van der Waals surface area contributed by atoms with Crippen molar-refractivity contribution in [2.24, 2.45) is 5.73 Å². The minimum Gasteiger partial charge on any atom is -0.497 e. The molecule has 0 aliphatic heterocycles. The first kappa shape index (κ1) is 19.1. The van der Waals surface area contributed by atoms with Gasteiger partial charge in [-0.15, -0.1) is 11.3 Å². The van der Waals surface area contributed by atoms with Gasteiger partial charge >= 0.3 is 0 Å². The number of aryl methyl sites for hydroxylation is 1. The minimum atomic E-state index is -0.439. The van der Waals surface area contributed by atoms with Gasteiger partial charge in [-0.2, -0.15) is 0 Å². The van der Waals surface area contributed by atoms with Gasteiger partial charge in [0, 0.05) is 29.3 Å². The van der Waals surface area contributed by atoms with Crippen LogP contribution in [0, 0.1) is 6.92 Å². The van der Waals surface area contributed by atoms with E-state index in [-0.39, 0.29) is 24.4 Å². The van der Waals surface area contributed by atoms with Gasteiger partial charge in [-0.1, -0.05) is 26.0 Å². The van der Waals surface area contributed by atoms with Gasteiger partial charge in [0.25, 0.3) is 5.56 Å².